The van der Waals surface area contributed by atoms with E-state index in [-0.39, 0.29) is 18.9 Å². The molecule has 77 heavy (non-hydrogen) atoms. The number of allylic oxidation sites excluding steroid dienone is 5. The van der Waals surface area contributed by atoms with E-state index in [1.807, 2.05) is 6.08 Å². The third-order valence-electron chi connectivity index (χ3n) is 14.9. The monoisotopic (exact) mass is 1100 g/mol. The van der Waals surface area contributed by atoms with E-state index in [4.69, 9.17) is 28.4 Å². The van der Waals surface area contributed by atoms with Crippen LogP contribution in [0.25, 0.3) is 0 Å². The number of hydrogen-bond acceptors (Lipinski definition) is 18. The second-order valence-corrected chi connectivity index (χ2v) is 21.4. The predicted molar refractivity (Wildman–Crippen MR) is 291 cm³/mol. The fraction of sp³-hybridized carbons (Fsp3) is 0.879. The number of aliphatic hydroxyl groups is 11. The fourth-order valence-corrected chi connectivity index (χ4v) is 9.97. The number of hydrogen-bond donors (Lipinski definition) is 12. The average molecular weight is 1100 g/mol. The van der Waals surface area contributed by atoms with Gasteiger partial charge in [-0.25, -0.2) is 0 Å². The summed E-state index contributed by atoms with van der Waals surface area (Å²) in [6.07, 6.45) is 17.1. The topological polar surface area (TPSA) is 307 Å². The molecular weight excluding hydrogens is 999 g/mol. The number of amides is 1. The third-order valence-corrected chi connectivity index (χ3v) is 14.9. The summed E-state index contributed by atoms with van der Waals surface area (Å²) < 4.78 is 34.2. The largest absolute Gasteiger partial charge is 0.394 e. The number of ether oxygens (including phenoxy) is 6. The predicted octanol–water partition coefficient (Wildman–Crippen LogP) is 4.93. The first-order chi connectivity index (χ1) is 37.3. The normalized spacial score (nSPS) is 30.9. The zero-order valence-electron chi connectivity index (χ0n) is 46.7. The molecule has 0 radical (unpaired) electrons. The Morgan fingerprint density at radius 2 is 0.831 bits per heavy atom. The summed E-state index contributed by atoms with van der Waals surface area (Å²) in [4.78, 5) is 13.3. The van der Waals surface area contributed by atoms with Crippen molar-refractivity contribution in [3.05, 3.63) is 36.5 Å². The molecule has 3 aliphatic rings. The first-order valence-electron chi connectivity index (χ1n) is 29.7. The molecule has 3 aliphatic heterocycles. The van der Waals surface area contributed by atoms with Crippen LogP contribution in [0.4, 0.5) is 0 Å². The highest BCUT2D eigenvalue weighted by Gasteiger charge is 2.53. The van der Waals surface area contributed by atoms with E-state index < -0.39 is 124 Å². The van der Waals surface area contributed by atoms with Gasteiger partial charge in [-0.1, -0.05) is 185 Å². The molecule has 19 heteroatoms. The molecule has 0 aromatic carbocycles. The van der Waals surface area contributed by atoms with Crippen LogP contribution in [0.2, 0.25) is 0 Å². The molecule has 17 atom stereocenters. The third kappa shape index (κ3) is 26.2. The zero-order valence-corrected chi connectivity index (χ0v) is 46.7. The van der Waals surface area contributed by atoms with Gasteiger partial charge < -0.3 is 89.9 Å². The molecule has 0 saturated carbocycles. The van der Waals surface area contributed by atoms with Gasteiger partial charge in [-0.3, -0.25) is 4.79 Å². The average Bonchev–Trinajstić information content (AvgIpc) is 3.44. The second kappa shape index (κ2) is 41.9. The Balaban J connectivity index is 1.49. The molecule has 17 unspecified atom stereocenters. The van der Waals surface area contributed by atoms with Gasteiger partial charge in [0, 0.05) is 6.42 Å². The highest BCUT2D eigenvalue weighted by atomic mass is 16.8. The van der Waals surface area contributed by atoms with Gasteiger partial charge in [0.2, 0.25) is 5.91 Å². The maximum Gasteiger partial charge on any atom is 0.220 e. The highest BCUT2D eigenvalue weighted by molar-refractivity contribution is 5.76. The SMILES string of the molecule is CCCC/C=C/CC/C=C/CC/C=C/C(O)C(COC1OC(CO)C(OC2OC(CO)C(OC3OC(CO)C(O)C(O)C3O)C(O)C2O)C(O)C1O)NC(=O)CCCCCCCCCCCCCCCCCCCCCC. The number of nitrogens with one attached hydrogen (secondary N) is 1. The van der Waals surface area contributed by atoms with Crippen molar-refractivity contribution >= 4 is 5.91 Å². The zero-order chi connectivity index (χ0) is 56.2. The first kappa shape index (κ1) is 69.3. The van der Waals surface area contributed by atoms with E-state index in [1.165, 1.54) is 116 Å². The molecule has 0 aliphatic carbocycles. The number of unbranched alkanes of at least 4 members (excludes halogenated alkanes) is 23. The fourth-order valence-electron chi connectivity index (χ4n) is 9.97. The molecule has 3 fully saturated rings. The Hall–Kier alpha value is -1.99. The van der Waals surface area contributed by atoms with E-state index in [2.05, 4.69) is 43.5 Å². The smallest absolute Gasteiger partial charge is 0.220 e. The summed E-state index contributed by atoms with van der Waals surface area (Å²) in [6, 6.07) is -0.991. The van der Waals surface area contributed by atoms with Crippen LogP contribution in [0.1, 0.15) is 194 Å². The van der Waals surface area contributed by atoms with Crippen molar-refractivity contribution in [2.75, 3.05) is 26.4 Å². The molecule has 0 bridgehead atoms. The molecule has 3 rings (SSSR count). The Morgan fingerprint density at radius 1 is 0.455 bits per heavy atom. The van der Waals surface area contributed by atoms with Crippen molar-refractivity contribution in [2.45, 2.75) is 298 Å². The van der Waals surface area contributed by atoms with Crippen molar-refractivity contribution in [3.63, 3.8) is 0 Å². The van der Waals surface area contributed by atoms with Gasteiger partial charge in [0.1, 0.15) is 73.2 Å². The van der Waals surface area contributed by atoms with Crippen LogP contribution < -0.4 is 5.32 Å². The van der Waals surface area contributed by atoms with E-state index in [0.29, 0.717) is 12.8 Å². The number of aliphatic hydroxyl groups excluding tert-OH is 11. The molecule has 450 valence electrons. The summed E-state index contributed by atoms with van der Waals surface area (Å²) >= 11 is 0. The number of rotatable bonds is 43. The molecule has 0 aromatic heterocycles. The van der Waals surface area contributed by atoms with E-state index in [9.17, 15) is 61.0 Å². The minimum Gasteiger partial charge on any atom is -0.394 e. The minimum absolute atomic E-state index is 0.235. The van der Waals surface area contributed by atoms with Crippen LogP contribution in [0.5, 0.6) is 0 Å². The molecule has 19 nitrogen and oxygen atoms in total. The van der Waals surface area contributed by atoms with Gasteiger partial charge in [-0.05, 0) is 38.5 Å². The van der Waals surface area contributed by atoms with Crippen molar-refractivity contribution in [2.24, 2.45) is 0 Å². The van der Waals surface area contributed by atoms with Crippen molar-refractivity contribution in [3.8, 4) is 0 Å². The molecule has 3 heterocycles. The van der Waals surface area contributed by atoms with E-state index >= 15 is 0 Å². The Labute approximate surface area is 460 Å². The lowest BCUT2D eigenvalue weighted by Gasteiger charge is -2.48. The maximum absolute atomic E-state index is 13.3. The van der Waals surface area contributed by atoms with Gasteiger partial charge in [-0.2, -0.15) is 0 Å². The second-order valence-electron chi connectivity index (χ2n) is 21.4. The van der Waals surface area contributed by atoms with Crippen LogP contribution in [-0.4, -0.2) is 193 Å². The van der Waals surface area contributed by atoms with Crippen molar-refractivity contribution in [1.82, 2.24) is 5.32 Å². The number of carbonyl (C=O) groups is 1. The Kier molecular flexibility index (Phi) is 37.7. The van der Waals surface area contributed by atoms with E-state index in [0.717, 1.165) is 44.9 Å². The van der Waals surface area contributed by atoms with Crippen LogP contribution >= 0.6 is 0 Å². The van der Waals surface area contributed by atoms with Gasteiger partial charge in [0.05, 0.1) is 38.6 Å². The van der Waals surface area contributed by atoms with Gasteiger partial charge in [-0.15, -0.1) is 0 Å². The van der Waals surface area contributed by atoms with Gasteiger partial charge in [0.15, 0.2) is 18.9 Å². The lowest BCUT2D eigenvalue weighted by Crippen LogP contribution is -2.66. The van der Waals surface area contributed by atoms with Crippen LogP contribution in [0, 0.1) is 0 Å². The minimum atomic E-state index is -1.98. The van der Waals surface area contributed by atoms with Gasteiger partial charge in [0.25, 0.3) is 0 Å². The Morgan fingerprint density at radius 3 is 1.29 bits per heavy atom. The molecule has 0 spiro atoms. The quantitative estimate of drug-likeness (QED) is 0.0285. The summed E-state index contributed by atoms with van der Waals surface area (Å²) in [5.41, 5.74) is 0. The summed E-state index contributed by atoms with van der Waals surface area (Å²) in [5.74, 6) is -0.290. The maximum atomic E-state index is 13.3. The Bertz CT molecular complexity index is 1550. The van der Waals surface area contributed by atoms with E-state index in [1.54, 1.807) is 6.08 Å². The van der Waals surface area contributed by atoms with Crippen molar-refractivity contribution in [1.29, 1.82) is 0 Å². The molecule has 12 N–H and O–H groups in total. The standard InChI is InChI=1S/C58H105NO18/c1-3-5-7-9-11-13-15-17-18-19-20-21-22-23-24-26-28-30-32-34-36-46(64)59-41(42(63)35-33-31-29-27-25-16-14-12-10-8-6-4-2)40-72-56-52(70)49(67)54(44(38-61)74-56)77-58-53(71)50(68)55(45(39-62)75-58)76-57-51(69)48(66)47(65)43(37-60)73-57/h10,12,25,27,33,35,41-45,47-58,60-63,65-71H,3-9,11,13-24,26,28-32,34,36-40H2,1-2H3,(H,59,64)/b12-10+,27-25+,35-33+. The van der Waals surface area contributed by atoms with Crippen molar-refractivity contribution < 1.29 is 89.4 Å². The van der Waals surface area contributed by atoms with Crippen LogP contribution in [0.3, 0.4) is 0 Å². The van der Waals surface area contributed by atoms with Crippen LogP contribution in [0.15, 0.2) is 36.5 Å². The summed E-state index contributed by atoms with van der Waals surface area (Å²) in [5, 5.41) is 120. The lowest BCUT2D eigenvalue weighted by atomic mass is 9.96. The molecule has 3 saturated heterocycles. The molecular formula is C58H105NO18. The van der Waals surface area contributed by atoms with Crippen LogP contribution in [-0.2, 0) is 33.2 Å². The first-order valence-corrected chi connectivity index (χ1v) is 29.7. The number of carbonyl (C=O) groups excluding carboxylic acids is 1. The highest BCUT2D eigenvalue weighted by Crippen LogP contribution is 2.33. The molecule has 0 aromatic rings. The van der Waals surface area contributed by atoms with Gasteiger partial charge >= 0.3 is 0 Å². The summed E-state index contributed by atoms with van der Waals surface area (Å²) in [7, 11) is 0. The molecule has 1 amide bonds. The lowest BCUT2D eigenvalue weighted by molar-refractivity contribution is -0.379. The summed E-state index contributed by atoms with van der Waals surface area (Å²) in [6.45, 7) is 1.64.